The molecule has 0 amide bonds. The lowest BCUT2D eigenvalue weighted by Crippen LogP contribution is -2.58. The van der Waals surface area contributed by atoms with Crippen molar-refractivity contribution < 1.29 is 28.7 Å². The summed E-state index contributed by atoms with van der Waals surface area (Å²) >= 11 is 0. The minimum absolute atomic E-state index is 0.00466. The number of esters is 2. The van der Waals surface area contributed by atoms with E-state index in [0.717, 1.165) is 0 Å². The van der Waals surface area contributed by atoms with Gasteiger partial charge in [-0.3, -0.25) is 19.2 Å². The second kappa shape index (κ2) is 7.78. The van der Waals surface area contributed by atoms with Gasteiger partial charge in [0.1, 0.15) is 12.7 Å². The van der Waals surface area contributed by atoms with Crippen molar-refractivity contribution in [2.24, 2.45) is 22.7 Å². The number of ether oxygens (including phenoxy) is 2. The van der Waals surface area contributed by atoms with E-state index in [2.05, 4.69) is 0 Å². The fourth-order valence-electron chi connectivity index (χ4n) is 5.98. The summed E-state index contributed by atoms with van der Waals surface area (Å²) in [5, 5.41) is 0. The fraction of sp³-hybridized carbons (Fsp3) is 0.667. The Morgan fingerprint density at radius 3 is 2.37 bits per heavy atom. The molecule has 4 atom stereocenters. The number of carbonyl (C=O) groups excluding carboxylic acids is 4. The number of allylic oxidation sites excluding steroid dienone is 4. The van der Waals surface area contributed by atoms with E-state index < -0.39 is 22.9 Å². The summed E-state index contributed by atoms with van der Waals surface area (Å²) in [4.78, 5) is 49.7. The van der Waals surface area contributed by atoms with Crippen LogP contribution in [0.5, 0.6) is 0 Å². The molecule has 0 N–H and O–H groups in total. The SMILES string of the molecule is CC(=O)OCC1(C)C(OC(C)=O)CCC2(C)C3=C(CCC21)C(=O)C(C(C)C)=CC3=O. The van der Waals surface area contributed by atoms with Gasteiger partial charge in [0, 0.05) is 41.4 Å². The normalized spacial score (nSPS) is 33.6. The van der Waals surface area contributed by atoms with Gasteiger partial charge in [-0.05, 0) is 43.6 Å². The Labute approximate surface area is 178 Å². The van der Waals surface area contributed by atoms with E-state index in [9.17, 15) is 19.2 Å². The molecule has 164 valence electrons. The van der Waals surface area contributed by atoms with Crippen molar-refractivity contribution in [3.8, 4) is 0 Å². The van der Waals surface area contributed by atoms with Gasteiger partial charge in [0.25, 0.3) is 0 Å². The molecule has 0 aliphatic heterocycles. The number of hydrogen-bond acceptors (Lipinski definition) is 6. The Morgan fingerprint density at radius 1 is 1.13 bits per heavy atom. The van der Waals surface area contributed by atoms with E-state index >= 15 is 0 Å². The van der Waals surface area contributed by atoms with Crippen molar-refractivity contribution in [1.29, 1.82) is 0 Å². The first-order valence-corrected chi connectivity index (χ1v) is 10.8. The van der Waals surface area contributed by atoms with Crippen LogP contribution in [0.25, 0.3) is 0 Å². The minimum Gasteiger partial charge on any atom is -0.465 e. The van der Waals surface area contributed by atoms with Gasteiger partial charge in [-0.25, -0.2) is 0 Å². The lowest BCUT2D eigenvalue weighted by molar-refractivity contribution is -0.182. The van der Waals surface area contributed by atoms with Crippen LogP contribution in [0.3, 0.4) is 0 Å². The summed E-state index contributed by atoms with van der Waals surface area (Å²) in [5.74, 6) is -0.928. The molecule has 3 aliphatic rings. The molecule has 1 fully saturated rings. The molecule has 0 bridgehead atoms. The predicted molar refractivity (Wildman–Crippen MR) is 110 cm³/mol. The first kappa shape index (κ1) is 22.4. The number of ketones is 2. The number of carbonyl (C=O) groups is 4. The van der Waals surface area contributed by atoms with Crippen molar-refractivity contribution in [2.45, 2.75) is 73.3 Å². The molecule has 30 heavy (non-hydrogen) atoms. The average molecular weight is 417 g/mol. The van der Waals surface area contributed by atoms with Gasteiger partial charge in [-0.15, -0.1) is 0 Å². The van der Waals surface area contributed by atoms with Crippen LogP contribution in [0.15, 0.2) is 22.8 Å². The van der Waals surface area contributed by atoms with E-state index in [-0.39, 0.29) is 36.0 Å². The maximum atomic E-state index is 13.2. The van der Waals surface area contributed by atoms with Crippen LogP contribution >= 0.6 is 0 Å². The van der Waals surface area contributed by atoms with Crippen molar-refractivity contribution in [3.63, 3.8) is 0 Å². The van der Waals surface area contributed by atoms with Crippen molar-refractivity contribution >= 4 is 23.5 Å². The van der Waals surface area contributed by atoms with Gasteiger partial charge in [0.15, 0.2) is 11.6 Å². The molecule has 0 heterocycles. The van der Waals surface area contributed by atoms with Gasteiger partial charge in [-0.2, -0.15) is 0 Å². The topological polar surface area (TPSA) is 86.7 Å². The highest BCUT2D eigenvalue weighted by molar-refractivity contribution is 6.23. The van der Waals surface area contributed by atoms with Gasteiger partial charge >= 0.3 is 11.9 Å². The summed E-state index contributed by atoms with van der Waals surface area (Å²) in [6.45, 7) is 10.7. The number of Topliss-reactive ketones (excluding diaryl/α,β-unsaturated/α-hetero) is 1. The maximum absolute atomic E-state index is 13.2. The van der Waals surface area contributed by atoms with E-state index in [1.54, 1.807) is 0 Å². The summed E-state index contributed by atoms with van der Waals surface area (Å²) < 4.78 is 11.1. The third-order valence-electron chi connectivity index (χ3n) is 7.37. The quantitative estimate of drug-likeness (QED) is 0.513. The van der Waals surface area contributed by atoms with Crippen LogP contribution in [0.1, 0.15) is 67.2 Å². The monoisotopic (exact) mass is 416 g/mol. The molecule has 3 rings (SSSR count). The zero-order chi connectivity index (χ0) is 22.4. The Bertz CT molecular complexity index is 863. The van der Waals surface area contributed by atoms with Crippen molar-refractivity contribution in [1.82, 2.24) is 0 Å². The van der Waals surface area contributed by atoms with Crippen LogP contribution in [-0.2, 0) is 28.7 Å². The Balaban J connectivity index is 2.06. The molecule has 3 aliphatic carbocycles. The van der Waals surface area contributed by atoms with Gasteiger partial charge < -0.3 is 9.47 Å². The standard InChI is InChI=1S/C24H32O6/c1-13(2)17-11-18(27)21-16(22(17)28)7-8-19-23(21,5)10-9-20(30-15(4)26)24(19,6)12-29-14(3)25/h11,13,19-20H,7-10,12H2,1-6H3. The predicted octanol–water partition coefficient (Wildman–Crippen LogP) is 3.73. The molecular formula is C24H32O6. The smallest absolute Gasteiger partial charge is 0.302 e. The fourth-order valence-corrected chi connectivity index (χ4v) is 5.98. The largest absolute Gasteiger partial charge is 0.465 e. The first-order chi connectivity index (χ1) is 13.9. The molecular weight excluding hydrogens is 384 g/mol. The molecule has 1 saturated carbocycles. The average Bonchev–Trinajstić information content (AvgIpc) is 2.64. The summed E-state index contributed by atoms with van der Waals surface area (Å²) in [5.41, 5.74) is 0.658. The van der Waals surface area contributed by atoms with Crippen molar-refractivity contribution in [2.75, 3.05) is 6.61 Å². The maximum Gasteiger partial charge on any atom is 0.302 e. The highest BCUT2D eigenvalue weighted by Gasteiger charge is 2.60. The van der Waals surface area contributed by atoms with Crippen LogP contribution < -0.4 is 0 Å². The summed E-state index contributed by atoms with van der Waals surface area (Å²) in [6.07, 6.45) is 3.46. The molecule has 0 aromatic rings. The Morgan fingerprint density at radius 2 is 1.80 bits per heavy atom. The van der Waals surface area contributed by atoms with E-state index in [1.165, 1.54) is 19.9 Å². The van der Waals surface area contributed by atoms with Gasteiger partial charge in [0.2, 0.25) is 0 Å². The second-order valence-electron chi connectivity index (χ2n) is 9.73. The second-order valence-corrected chi connectivity index (χ2v) is 9.73. The third kappa shape index (κ3) is 3.54. The zero-order valence-corrected chi connectivity index (χ0v) is 18.8. The molecule has 6 nitrogen and oxygen atoms in total. The van der Waals surface area contributed by atoms with E-state index in [0.29, 0.717) is 42.4 Å². The lowest BCUT2D eigenvalue weighted by atomic mass is 9.47. The third-order valence-corrected chi connectivity index (χ3v) is 7.37. The number of fused-ring (bicyclic) bond motifs is 2. The first-order valence-electron chi connectivity index (χ1n) is 10.8. The van der Waals surface area contributed by atoms with E-state index in [1.807, 2.05) is 27.7 Å². The van der Waals surface area contributed by atoms with E-state index in [4.69, 9.17) is 9.47 Å². The number of rotatable bonds is 4. The van der Waals surface area contributed by atoms with Crippen molar-refractivity contribution in [3.05, 3.63) is 22.8 Å². The van der Waals surface area contributed by atoms with Crippen LogP contribution in [0.2, 0.25) is 0 Å². The zero-order valence-electron chi connectivity index (χ0n) is 18.8. The molecule has 0 saturated heterocycles. The summed E-state index contributed by atoms with van der Waals surface area (Å²) in [7, 11) is 0. The van der Waals surface area contributed by atoms with Crippen LogP contribution in [0, 0.1) is 22.7 Å². The number of hydrogen-bond donors (Lipinski definition) is 0. The van der Waals surface area contributed by atoms with Crippen LogP contribution in [-0.4, -0.2) is 36.2 Å². The molecule has 4 unspecified atom stereocenters. The van der Waals surface area contributed by atoms with Gasteiger partial charge in [0.05, 0.1) is 0 Å². The molecule has 0 aromatic carbocycles. The molecule has 0 spiro atoms. The molecule has 6 heteroatoms. The lowest BCUT2D eigenvalue weighted by Gasteiger charge is -2.57. The van der Waals surface area contributed by atoms with Gasteiger partial charge in [-0.1, -0.05) is 27.7 Å². The Kier molecular flexibility index (Phi) is 5.82. The van der Waals surface area contributed by atoms with Crippen LogP contribution in [0.4, 0.5) is 0 Å². The summed E-state index contributed by atoms with van der Waals surface area (Å²) in [6, 6.07) is 0. The highest BCUT2D eigenvalue weighted by Crippen LogP contribution is 2.61. The highest BCUT2D eigenvalue weighted by atomic mass is 16.6. The minimum atomic E-state index is -0.645. The Hall–Kier alpha value is -2.24. The molecule has 0 radical (unpaired) electrons. The molecule has 0 aromatic heterocycles.